The number of likely N-dealkylation sites (N-methyl/N-ethyl adjacent to an activating group) is 1. The number of rotatable bonds is 5. The highest BCUT2D eigenvalue weighted by Crippen LogP contribution is 2.18. The van der Waals surface area contributed by atoms with Crippen LogP contribution < -0.4 is 5.32 Å². The fourth-order valence-corrected chi connectivity index (χ4v) is 2.42. The predicted octanol–water partition coefficient (Wildman–Crippen LogP) is 2.57. The van der Waals surface area contributed by atoms with Crippen LogP contribution in [0.5, 0.6) is 0 Å². The van der Waals surface area contributed by atoms with Crippen LogP contribution in [0.25, 0.3) is 0 Å². The second-order valence-corrected chi connectivity index (χ2v) is 5.30. The summed E-state index contributed by atoms with van der Waals surface area (Å²) in [4.78, 5) is 4.82. The van der Waals surface area contributed by atoms with Gasteiger partial charge in [0.15, 0.2) is 0 Å². The van der Waals surface area contributed by atoms with Crippen molar-refractivity contribution < 1.29 is 4.39 Å². The minimum atomic E-state index is -0.167. The molecule has 0 bridgehead atoms. The number of hydrogen-bond acceptors (Lipinski definition) is 3. The van der Waals surface area contributed by atoms with Gasteiger partial charge in [-0.2, -0.15) is 0 Å². The molecule has 1 saturated heterocycles. The Morgan fingerprint density at radius 1 is 1.19 bits per heavy atom. The zero-order chi connectivity index (χ0) is 13.7. The summed E-state index contributed by atoms with van der Waals surface area (Å²) in [5, 5.41) is 3.37. The van der Waals surface area contributed by atoms with Crippen LogP contribution in [0.2, 0.25) is 0 Å². The third-order valence-corrected chi connectivity index (χ3v) is 3.99. The molecule has 0 aliphatic carbocycles. The number of benzene rings is 1. The average molecular weight is 338 g/mol. The Morgan fingerprint density at radius 3 is 2.33 bits per heavy atom. The molecule has 1 aromatic rings. The van der Waals surface area contributed by atoms with Gasteiger partial charge in [0.1, 0.15) is 5.82 Å². The largest absolute Gasteiger partial charge is 0.314 e. The van der Waals surface area contributed by atoms with Gasteiger partial charge in [0.2, 0.25) is 0 Å². The SMILES string of the molecule is CC(c1ccc(F)cc1)N(C)CCN1CCNCC1.Cl.Cl. The molecule has 1 atom stereocenters. The lowest BCUT2D eigenvalue weighted by molar-refractivity contribution is 0.183. The van der Waals surface area contributed by atoms with Crippen LogP contribution >= 0.6 is 24.8 Å². The van der Waals surface area contributed by atoms with E-state index in [4.69, 9.17) is 0 Å². The summed E-state index contributed by atoms with van der Waals surface area (Å²) in [7, 11) is 2.14. The summed E-state index contributed by atoms with van der Waals surface area (Å²) < 4.78 is 12.9. The van der Waals surface area contributed by atoms with Gasteiger partial charge >= 0.3 is 0 Å². The van der Waals surface area contributed by atoms with Gasteiger partial charge in [0.25, 0.3) is 0 Å². The molecule has 0 saturated carbocycles. The highest BCUT2D eigenvalue weighted by Gasteiger charge is 2.14. The molecular weight excluding hydrogens is 312 g/mol. The van der Waals surface area contributed by atoms with Gasteiger partial charge in [-0.25, -0.2) is 4.39 Å². The zero-order valence-corrected chi connectivity index (χ0v) is 14.4. The molecule has 1 N–H and O–H groups in total. The van der Waals surface area contributed by atoms with E-state index in [0.717, 1.165) is 39.3 Å². The second-order valence-electron chi connectivity index (χ2n) is 5.30. The van der Waals surface area contributed by atoms with Gasteiger partial charge in [-0.15, -0.1) is 24.8 Å². The quantitative estimate of drug-likeness (QED) is 0.890. The van der Waals surface area contributed by atoms with Gasteiger partial charge in [0, 0.05) is 45.3 Å². The molecule has 1 unspecified atom stereocenters. The van der Waals surface area contributed by atoms with Crippen LogP contribution in [0.4, 0.5) is 4.39 Å². The molecule has 0 aromatic heterocycles. The molecule has 1 fully saturated rings. The molecule has 1 aliphatic heterocycles. The molecule has 3 nitrogen and oxygen atoms in total. The zero-order valence-electron chi connectivity index (χ0n) is 12.7. The molecular formula is C15H26Cl2FN3. The van der Waals surface area contributed by atoms with Crippen LogP contribution in [0.3, 0.4) is 0 Å². The smallest absolute Gasteiger partial charge is 0.123 e. The van der Waals surface area contributed by atoms with Crippen molar-refractivity contribution in [1.29, 1.82) is 0 Å². The number of hydrogen-bond donors (Lipinski definition) is 1. The molecule has 0 amide bonds. The van der Waals surface area contributed by atoms with E-state index in [-0.39, 0.29) is 30.6 Å². The highest BCUT2D eigenvalue weighted by atomic mass is 35.5. The van der Waals surface area contributed by atoms with Crippen molar-refractivity contribution in [3.63, 3.8) is 0 Å². The van der Waals surface area contributed by atoms with E-state index in [0.29, 0.717) is 6.04 Å². The van der Waals surface area contributed by atoms with E-state index >= 15 is 0 Å². The first kappa shape index (κ1) is 20.6. The predicted molar refractivity (Wildman–Crippen MR) is 91.3 cm³/mol. The molecule has 6 heteroatoms. The third kappa shape index (κ3) is 6.49. The first-order chi connectivity index (χ1) is 9.16. The Kier molecular flexibility index (Phi) is 10.2. The minimum Gasteiger partial charge on any atom is -0.314 e. The first-order valence-electron chi connectivity index (χ1n) is 7.05. The van der Waals surface area contributed by atoms with Gasteiger partial charge in [-0.3, -0.25) is 9.80 Å². The van der Waals surface area contributed by atoms with Crippen molar-refractivity contribution in [2.24, 2.45) is 0 Å². The second kappa shape index (κ2) is 10.4. The molecule has 21 heavy (non-hydrogen) atoms. The monoisotopic (exact) mass is 337 g/mol. The van der Waals surface area contributed by atoms with Crippen molar-refractivity contribution in [1.82, 2.24) is 15.1 Å². The van der Waals surface area contributed by atoms with Crippen molar-refractivity contribution in [2.45, 2.75) is 13.0 Å². The summed E-state index contributed by atoms with van der Waals surface area (Å²) in [5.74, 6) is -0.167. The number of nitrogens with one attached hydrogen (secondary N) is 1. The van der Waals surface area contributed by atoms with Crippen LogP contribution in [0.15, 0.2) is 24.3 Å². The normalized spacial score (nSPS) is 17.0. The fourth-order valence-electron chi connectivity index (χ4n) is 2.42. The van der Waals surface area contributed by atoms with Gasteiger partial charge in [-0.05, 0) is 31.7 Å². The van der Waals surface area contributed by atoms with E-state index < -0.39 is 0 Å². The van der Waals surface area contributed by atoms with Crippen molar-refractivity contribution in [2.75, 3.05) is 46.3 Å². The highest BCUT2D eigenvalue weighted by molar-refractivity contribution is 5.85. The van der Waals surface area contributed by atoms with Crippen LogP contribution in [-0.2, 0) is 0 Å². The Morgan fingerprint density at radius 2 is 1.76 bits per heavy atom. The van der Waals surface area contributed by atoms with Crippen molar-refractivity contribution >= 4 is 24.8 Å². The van der Waals surface area contributed by atoms with Gasteiger partial charge in [0.05, 0.1) is 0 Å². The lowest BCUT2D eigenvalue weighted by atomic mass is 10.1. The third-order valence-electron chi connectivity index (χ3n) is 3.99. The van der Waals surface area contributed by atoms with Crippen molar-refractivity contribution in [3.05, 3.63) is 35.6 Å². The Hall–Kier alpha value is -0.390. The maximum atomic E-state index is 12.9. The van der Waals surface area contributed by atoms with E-state index in [1.165, 1.54) is 17.7 Å². The number of halogens is 3. The summed E-state index contributed by atoms with van der Waals surface area (Å²) in [6.45, 7) is 8.78. The van der Waals surface area contributed by atoms with Crippen LogP contribution in [-0.4, -0.2) is 56.1 Å². The van der Waals surface area contributed by atoms with E-state index in [1.54, 1.807) is 0 Å². The summed E-state index contributed by atoms with van der Waals surface area (Å²) in [6, 6.07) is 7.15. The average Bonchev–Trinajstić information content (AvgIpc) is 2.46. The molecule has 2 rings (SSSR count). The lowest BCUT2D eigenvalue weighted by Crippen LogP contribution is -2.46. The van der Waals surface area contributed by atoms with E-state index in [1.807, 2.05) is 12.1 Å². The summed E-state index contributed by atoms with van der Waals surface area (Å²) >= 11 is 0. The summed E-state index contributed by atoms with van der Waals surface area (Å²) in [6.07, 6.45) is 0. The number of nitrogens with zero attached hydrogens (tertiary/aromatic N) is 2. The summed E-state index contributed by atoms with van der Waals surface area (Å²) in [5.41, 5.74) is 1.17. The Bertz CT molecular complexity index is 383. The standard InChI is InChI=1S/C15H24FN3.2ClH/c1-13(14-3-5-15(16)6-4-14)18(2)11-12-19-9-7-17-8-10-19;;/h3-6,13,17H,7-12H2,1-2H3;2*1H. The topological polar surface area (TPSA) is 18.5 Å². The van der Waals surface area contributed by atoms with Gasteiger partial charge < -0.3 is 5.32 Å². The first-order valence-corrected chi connectivity index (χ1v) is 7.05. The minimum absolute atomic E-state index is 0. The van der Waals surface area contributed by atoms with Crippen LogP contribution in [0, 0.1) is 5.82 Å². The molecule has 1 heterocycles. The fraction of sp³-hybridized carbons (Fsp3) is 0.600. The Labute approximate surface area is 139 Å². The Balaban J connectivity index is 0.00000200. The van der Waals surface area contributed by atoms with Crippen molar-refractivity contribution in [3.8, 4) is 0 Å². The maximum absolute atomic E-state index is 12.9. The van der Waals surface area contributed by atoms with E-state index in [9.17, 15) is 4.39 Å². The molecule has 1 aromatic carbocycles. The number of piperazine rings is 1. The van der Waals surface area contributed by atoms with Crippen LogP contribution in [0.1, 0.15) is 18.5 Å². The molecule has 122 valence electrons. The molecule has 0 radical (unpaired) electrons. The maximum Gasteiger partial charge on any atom is 0.123 e. The van der Waals surface area contributed by atoms with Gasteiger partial charge in [-0.1, -0.05) is 12.1 Å². The molecule has 0 spiro atoms. The van der Waals surface area contributed by atoms with E-state index in [2.05, 4.69) is 29.1 Å². The molecule has 1 aliphatic rings. The lowest BCUT2D eigenvalue weighted by Gasteiger charge is -2.31.